The van der Waals surface area contributed by atoms with Gasteiger partial charge in [-0.05, 0) is 31.9 Å². The minimum absolute atomic E-state index is 0.0305. The number of hydrogen-bond acceptors (Lipinski definition) is 3. The fourth-order valence-corrected chi connectivity index (χ4v) is 2.53. The molecule has 120 valence electrons. The van der Waals surface area contributed by atoms with Gasteiger partial charge in [0, 0.05) is 13.1 Å². The van der Waals surface area contributed by atoms with Gasteiger partial charge in [0.2, 0.25) is 0 Å². The van der Waals surface area contributed by atoms with Gasteiger partial charge in [-0.15, -0.1) is 0 Å². The molecule has 1 aromatic carbocycles. The average Bonchev–Trinajstić information content (AvgIpc) is 2.90. The summed E-state index contributed by atoms with van der Waals surface area (Å²) >= 11 is 0. The monoisotopic (exact) mass is 309 g/mol. The minimum atomic E-state index is -0.925. The van der Waals surface area contributed by atoms with Crippen molar-refractivity contribution in [2.24, 2.45) is 5.41 Å². The van der Waals surface area contributed by atoms with Gasteiger partial charge in [0.15, 0.2) is 17.7 Å². The number of halogens is 1. The van der Waals surface area contributed by atoms with E-state index in [9.17, 15) is 19.1 Å². The Morgan fingerprint density at radius 1 is 1.45 bits per heavy atom. The lowest BCUT2D eigenvalue weighted by molar-refractivity contribution is -0.148. The van der Waals surface area contributed by atoms with Gasteiger partial charge in [0.25, 0.3) is 5.91 Å². The van der Waals surface area contributed by atoms with Gasteiger partial charge in [-0.25, -0.2) is 4.39 Å². The van der Waals surface area contributed by atoms with E-state index < -0.39 is 23.3 Å². The van der Waals surface area contributed by atoms with Crippen molar-refractivity contribution < 1.29 is 23.8 Å². The number of rotatable bonds is 5. The molecule has 2 rings (SSSR count). The van der Waals surface area contributed by atoms with Gasteiger partial charge in [-0.3, -0.25) is 9.59 Å². The number of benzene rings is 1. The molecule has 1 aromatic rings. The fourth-order valence-electron chi connectivity index (χ4n) is 2.53. The molecular weight excluding hydrogens is 289 g/mol. The summed E-state index contributed by atoms with van der Waals surface area (Å²) in [7, 11) is 0. The van der Waals surface area contributed by atoms with Gasteiger partial charge in [0.1, 0.15) is 0 Å². The Morgan fingerprint density at radius 3 is 2.68 bits per heavy atom. The van der Waals surface area contributed by atoms with Crippen LogP contribution < -0.4 is 4.74 Å². The Kier molecular flexibility index (Phi) is 4.68. The average molecular weight is 309 g/mol. The molecule has 0 radical (unpaired) electrons. The van der Waals surface area contributed by atoms with Gasteiger partial charge in [0.05, 0.1) is 5.41 Å². The van der Waals surface area contributed by atoms with E-state index in [1.165, 1.54) is 17.0 Å². The summed E-state index contributed by atoms with van der Waals surface area (Å²) in [5.74, 6) is -1.70. The number of carboxylic acid groups (broad SMARTS) is 1. The lowest BCUT2D eigenvalue weighted by Crippen LogP contribution is -2.42. The minimum Gasteiger partial charge on any atom is -0.481 e. The van der Waals surface area contributed by atoms with Crippen LogP contribution in [-0.4, -0.2) is 41.1 Å². The molecule has 0 spiro atoms. The molecule has 1 heterocycles. The van der Waals surface area contributed by atoms with Crippen molar-refractivity contribution in [2.45, 2.75) is 32.8 Å². The van der Waals surface area contributed by atoms with E-state index in [2.05, 4.69) is 0 Å². The summed E-state index contributed by atoms with van der Waals surface area (Å²) < 4.78 is 19.1. The Morgan fingerprint density at radius 2 is 2.14 bits per heavy atom. The highest BCUT2D eigenvalue weighted by Crippen LogP contribution is 2.31. The third-order valence-electron chi connectivity index (χ3n) is 4.05. The molecule has 0 saturated carbocycles. The molecule has 5 nitrogen and oxygen atoms in total. The van der Waals surface area contributed by atoms with Crippen molar-refractivity contribution in [2.75, 3.05) is 13.1 Å². The number of aliphatic carboxylic acids is 1. The molecule has 1 aliphatic heterocycles. The normalized spacial score (nSPS) is 22.4. The highest BCUT2D eigenvalue weighted by Gasteiger charge is 2.43. The largest absolute Gasteiger partial charge is 0.481 e. The summed E-state index contributed by atoms with van der Waals surface area (Å²) in [5.41, 5.74) is -0.925. The molecule has 0 aromatic heterocycles. The third-order valence-corrected chi connectivity index (χ3v) is 4.05. The number of carbonyl (C=O) groups excluding carboxylic acids is 1. The predicted octanol–water partition coefficient (Wildman–Crippen LogP) is 2.31. The van der Waals surface area contributed by atoms with Crippen LogP contribution in [0.3, 0.4) is 0 Å². The van der Waals surface area contributed by atoms with Gasteiger partial charge >= 0.3 is 5.97 Å². The second-order valence-corrected chi connectivity index (χ2v) is 5.82. The smallest absolute Gasteiger partial charge is 0.311 e. The van der Waals surface area contributed by atoms with Crippen LogP contribution in [0.2, 0.25) is 0 Å². The number of likely N-dealkylation sites (tertiary alicyclic amines) is 1. The van der Waals surface area contributed by atoms with Crippen LogP contribution in [0.1, 0.15) is 26.7 Å². The molecule has 1 N–H and O–H groups in total. The standard InChI is InChI=1S/C16H20FNO4/c1-3-12(22-13-7-5-4-6-11(13)17)14(19)18-9-8-16(2,10-18)15(20)21/h4-7,12H,3,8-10H2,1-2H3,(H,20,21)/t12-,16+/m1/s1. The Hall–Kier alpha value is -2.11. The summed E-state index contributed by atoms with van der Waals surface area (Å²) in [5, 5.41) is 9.22. The van der Waals surface area contributed by atoms with Crippen LogP contribution in [0.4, 0.5) is 4.39 Å². The van der Waals surface area contributed by atoms with Crippen LogP contribution in [0.5, 0.6) is 5.75 Å². The summed E-state index contributed by atoms with van der Waals surface area (Å²) in [6.07, 6.45) is -0.0227. The first-order valence-corrected chi connectivity index (χ1v) is 7.31. The van der Waals surface area contributed by atoms with Crippen molar-refractivity contribution in [1.82, 2.24) is 4.90 Å². The van der Waals surface area contributed by atoms with Crippen molar-refractivity contribution >= 4 is 11.9 Å². The molecular formula is C16H20FNO4. The van der Waals surface area contributed by atoms with E-state index in [-0.39, 0.29) is 18.2 Å². The molecule has 0 aliphatic carbocycles. The molecule has 0 unspecified atom stereocenters. The van der Waals surface area contributed by atoms with E-state index in [0.29, 0.717) is 19.4 Å². The lowest BCUT2D eigenvalue weighted by atomic mass is 9.90. The molecule has 0 bridgehead atoms. The number of hydrogen-bond donors (Lipinski definition) is 1. The fraction of sp³-hybridized carbons (Fsp3) is 0.500. The quantitative estimate of drug-likeness (QED) is 0.906. The Balaban J connectivity index is 2.07. The molecule has 6 heteroatoms. The van der Waals surface area contributed by atoms with Crippen LogP contribution in [-0.2, 0) is 9.59 Å². The van der Waals surface area contributed by atoms with E-state index in [1.807, 2.05) is 0 Å². The molecule has 1 fully saturated rings. The van der Waals surface area contributed by atoms with E-state index in [4.69, 9.17) is 4.74 Å². The topological polar surface area (TPSA) is 66.8 Å². The Labute approximate surface area is 128 Å². The van der Waals surface area contributed by atoms with Crippen molar-refractivity contribution in [3.63, 3.8) is 0 Å². The zero-order valence-electron chi connectivity index (χ0n) is 12.7. The third kappa shape index (κ3) is 3.21. The maximum atomic E-state index is 13.6. The van der Waals surface area contributed by atoms with Gasteiger partial charge in [-0.2, -0.15) is 0 Å². The molecule has 1 saturated heterocycles. The first kappa shape index (κ1) is 16.3. The molecule has 2 atom stereocenters. The maximum Gasteiger partial charge on any atom is 0.311 e. The second-order valence-electron chi connectivity index (χ2n) is 5.82. The lowest BCUT2D eigenvalue weighted by Gasteiger charge is -2.25. The van der Waals surface area contributed by atoms with Crippen molar-refractivity contribution in [1.29, 1.82) is 0 Å². The first-order valence-electron chi connectivity index (χ1n) is 7.31. The highest BCUT2D eigenvalue weighted by atomic mass is 19.1. The summed E-state index contributed by atoms with van der Waals surface area (Å²) in [6.45, 7) is 3.92. The highest BCUT2D eigenvalue weighted by molar-refractivity contribution is 5.83. The number of amides is 1. The number of ether oxygens (including phenoxy) is 1. The summed E-state index contributed by atoms with van der Waals surface area (Å²) in [6, 6.07) is 5.91. The van der Waals surface area contributed by atoms with Crippen LogP contribution in [0, 0.1) is 11.2 Å². The van der Waals surface area contributed by atoms with Gasteiger partial charge in [-0.1, -0.05) is 19.1 Å². The molecule has 1 amide bonds. The Bertz CT molecular complexity index is 577. The van der Waals surface area contributed by atoms with Crippen molar-refractivity contribution in [3.05, 3.63) is 30.1 Å². The SMILES string of the molecule is CC[C@@H](Oc1ccccc1F)C(=O)N1CC[C@](C)(C(=O)O)C1. The zero-order valence-corrected chi connectivity index (χ0v) is 12.7. The molecule has 22 heavy (non-hydrogen) atoms. The number of carboxylic acids is 1. The first-order chi connectivity index (χ1) is 10.4. The van der Waals surface area contributed by atoms with Crippen LogP contribution in [0.15, 0.2) is 24.3 Å². The van der Waals surface area contributed by atoms with Gasteiger partial charge < -0.3 is 14.7 Å². The molecule has 1 aliphatic rings. The summed E-state index contributed by atoms with van der Waals surface area (Å²) in [4.78, 5) is 25.2. The van der Waals surface area contributed by atoms with E-state index in [0.717, 1.165) is 0 Å². The van der Waals surface area contributed by atoms with Crippen LogP contribution in [0.25, 0.3) is 0 Å². The van der Waals surface area contributed by atoms with E-state index >= 15 is 0 Å². The predicted molar refractivity (Wildman–Crippen MR) is 78.0 cm³/mol. The number of para-hydroxylation sites is 1. The van der Waals surface area contributed by atoms with Crippen LogP contribution >= 0.6 is 0 Å². The number of nitrogens with zero attached hydrogens (tertiary/aromatic N) is 1. The van der Waals surface area contributed by atoms with E-state index in [1.54, 1.807) is 26.0 Å². The zero-order chi connectivity index (χ0) is 16.3. The second kappa shape index (κ2) is 6.34. The number of carbonyl (C=O) groups is 2. The van der Waals surface area contributed by atoms with Crippen molar-refractivity contribution in [3.8, 4) is 5.75 Å². The maximum absolute atomic E-state index is 13.6.